The third kappa shape index (κ3) is 7.34. The SMILES string of the molecule is C=C1/C=C\C=C/N(c2ccccc2)c2cc(-c3ccc(-c4ccccc4)cc3)ccc21.CC1(C)c2ccccc2-c2ccc(Nc3ccc4cc5ccccc5cc4c3)cc21. The summed E-state index contributed by atoms with van der Waals surface area (Å²) in [4.78, 5) is 2.23. The minimum Gasteiger partial charge on any atom is -0.355 e. The van der Waals surface area contributed by atoms with Crippen LogP contribution in [0, 0.1) is 0 Å². The maximum Gasteiger partial charge on any atom is 0.0539 e. The van der Waals surface area contributed by atoms with Crippen LogP contribution >= 0.6 is 0 Å². The predicted octanol–water partition coefficient (Wildman–Crippen LogP) is 16.3. The lowest BCUT2D eigenvalue weighted by Gasteiger charge is -2.26. The smallest absolute Gasteiger partial charge is 0.0539 e. The van der Waals surface area contributed by atoms with Crippen molar-refractivity contribution in [2.45, 2.75) is 19.3 Å². The van der Waals surface area contributed by atoms with Crippen LogP contribution in [0.15, 0.2) is 231 Å². The second-order valence-electron chi connectivity index (χ2n) is 16.4. The van der Waals surface area contributed by atoms with Gasteiger partial charge in [0, 0.05) is 34.2 Å². The largest absolute Gasteiger partial charge is 0.355 e. The van der Waals surface area contributed by atoms with E-state index >= 15 is 0 Å². The van der Waals surface area contributed by atoms with Gasteiger partial charge in [-0.25, -0.2) is 0 Å². The lowest BCUT2D eigenvalue weighted by molar-refractivity contribution is 0.660. The van der Waals surface area contributed by atoms with Gasteiger partial charge in [-0.05, 0) is 132 Å². The maximum atomic E-state index is 4.29. The van der Waals surface area contributed by atoms with Crippen molar-refractivity contribution in [3.63, 3.8) is 0 Å². The molecule has 2 heteroatoms. The summed E-state index contributed by atoms with van der Waals surface area (Å²) in [5, 5.41) is 8.72. The van der Waals surface area contributed by atoms with E-state index in [1.165, 1.54) is 66.1 Å². The van der Waals surface area contributed by atoms with Crippen molar-refractivity contribution in [3.8, 4) is 33.4 Å². The molecule has 9 aromatic carbocycles. The van der Waals surface area contributed by atoms with Gasteiger partial charge in [-0.3, -0.25) is 0 Å². The monoisotopic (exact) mass is 782 g/mol. The summed E-state index contributed by atoms with van der Waals surface area (Å²) in [6.07, 6.45) is 8.27. The first-order chi connectivity index (χ1) is 29.9. The molecule has 2 aliphatic rings. The first kappa shape index (κ1) is 37.6. The first-order valence-corrected chi connectivity index (χ1v) is 21.0. The number of rotatable bonds is 5. The van der Waals surface area contributed by atoms with Crippen LogP contribution < -0.4 is 10.2 Å². The fourth-order valence-corrected chi connectivity index (χ4v) is 8.93. The number of nitrogens with one attached hydrogen (secondary N) is 1. The van der Waals surface area contributed by atoms with Crippen molar-refractivity contribution in [1.82, 2.24) is 0 Å². The molecule has 9 aromatic rings. The molecule has 0 radical (unpaired) electrons. The molecule has 0 unspecified atom stereocenters. The van der Waals surface area contributed by atoms with Crippen LogP contribution in [0.2, 0.25) is 0 Å². The molecule has 2 nitrogen and oxygen atoms in total. The quantitative estimate of drug-likeness (QED) is 0.175. The highest BCUT2D eigenvalue weighted by atomic mass is 15.1. The molecule has 0 aromatic heterocycles. The van der Waals surface area contributed by atoms with Crippen molar-refractivity contribution in [1.29, 1.82) is 0 Å². The molecule has 1 aliphatic carbocycles. The Hall–Kier alpha value is -7.68. The molecule has 0 fully saturated rings. The van der Waals surface area contributed by atoms with Crippen LogP contribution in [0.3, 0.4) is 0 Å². The minimum absolute atomic E-state index is 0.0198. The summed E-state index contributed by atoms with van der Waals surface area (Å²) in [5.41, 5.74) is 17.0. The predicted molar refractivity (Wildman–Crippen MR) is 262 cm³/mol. The van der Waals surface area contributed by atoms with Gasteiger partial charge in [-0.1, -0.05) is 178 Å². The summed E-state index contributed by atoms with van der Waals surface area (Å²) in [7, 11) is 0. The molecular formula is C59H46N2. The lowest BCUT2D eigenvalue weighted by Crippen LogP contribution is -2.15. The molecule has 0 saturated heterocycles. The van der Waals surface area contributed by atoms with E-state index in [0.29, 0.717) is 0 Å². The summed E-state index contributed by atoms with van der Waals surface area (Å²) < 4.78 is 0. The maximum absolute atomic E-state index is 4.29. The van der Waals surface area contributed by atoms with E-state index in [1.54, 1.807) is 0 Å². The topological polar surface area (TPSA) is 15.3 Å². The van der Waals surface area contributed by atoms with Gasteiger partial charge in [0.1, 0.15) is 0 Å². The van der Waals surface area contributed by atoms with Gasteiger partial charge in [-0.2, -0.15) is 0 Å². The Morgan fingerprint density at radius 1 is 0.426 bits per heavy atom. The highest BCUT2D eigenvalue weighted by Crippen LogP contribution is 2.49. The Bertz CT molecular complexity index is 3130. The van der Waals surface area contributed by atoms with Gasteiger partial charge in [0.2, 0.25) is 0 Å². The Labute approximate surface area is 359 Å². The van der Waals surface area contributed by atoms with Gasteiger partial charge in [0.05, 0.1) is 5.69 Å². The van der Waals surface area contributed by atoms with Gasteiger partial charge in [0.25, 0.3) is 0 Å². The molecule has 292 valence electrons. The molecule has 1 aliphatic heterocycles. The Balaban J connectivity index is 0.000000146. The molecular weight excluding hydrogens is 737 g/mol. The molecule has 0 amide bonds. The molecule has 1 N–H and O–H groups in total. The molecule has 0 saturated carbocycles. The average Bonchev–Trinajstić information content (AvgIpc) is 3.53. The van der Waals surface area contributed by atoms with E-state index in [4.69, 9.17) is 0 Å². The van der Waals surface area contributed by atoms with Crippen LogP contribution in [0.5, 0.6) is 0 Å². The molecule has 61 heavy (non-hydrogen) atoms. The number of hydrogen-bond donors (Lipinski definition) is 1. The zero-order valence-electron chi connectivity index (χ0n) is 34.5. The second-order valence-corrected chi connectivity index (χ2v) is 16.4. The highest BCUT2D eigenvalue weighted by Gasteiger charge is 2.35. The summed E-state index contributed by atoms with van der Waals surface area (Å²) in [6.45, 7) is 8.93. The van der Waals surface area contributed by atoms with Crippen molar-refractivity contribution < 1.29 is 0 Å². The standard InChI is InChI=1S/C30H23N.C29H23N/c1-23-10-8-9-21-31(28-13-6-3-7-14-28)30-22-27(19-20-29(23)30)26-17-15-25(16-18-26)24-11-4-2-5-12-24;1-29(2)27-10-6-5-9-25(27)26-14-13-24(18-28(26)29)30-23-12-11-21-15-19-7-3-4-8-20(19)16-22(21)17-23/h2-22H,1H2;3-18,30H,1-2H3/b10-8-,21-9-;. The van der Waals surface area contributed by atoms with Gasteiger partial charge in [-0.15, -0.1) is 0 Å². The van der Waals surface area contributed by atoms with Crippen molar-refractivity contribution in [3.05, 3.63) is 248 Å². The second kappa shape index (κ2) is 15.8. The Morgan fingerprint density at radius 3 is 1.75 bits per heavy atom. The summed E-state index contributed by atoms with van der Waals surface area (Å²) in [6, 6.07) is 71.6. The van der Waals surface area contributed by atoms with Crippen LogP contribution in [-0.2, 0) is 5.41 Å². The van der Waals surface area contributed by atoms with Crippen LogP contribution in [0.4, 0.5) is 22.7 Å². The third-order valence-electron chi connectivity index (χ3n) is 12.2. The van der Waals surface area contributed by atoms with Crippen LogP contribution in [-0.4, -0.2) is 0 Å². The number of para-hydroxylation sites is 1. The van der Waals surface area contributed by atoms with Crippen molar-refractivity contribution in [2.75, 3.05) is 10.2 Å². The Kier molecular flexibility index (Phi) is 9.75. The lowest BCUT2D eigenvalue weighted by atomic mass is 9.82. The third-order valence-corrected chi connectivity index (χ3v) is 12.2. The van der Waals surface area contributed by atoms with E-state index < -0.39 is 0 Å². The molecule has 0 bridgehead atoms. The van der Waals surface area contributed by atoms with Gasteiger partial charge in [0.15, 0.2) is 0 Å². The van der Waals surface area contributed by atoms with E-state index in [0.717, 1.165) is 33.9 Å². The number of nitrogens with zero attached hydrogens (tertiary/aromatic N) is 1. The zero-order valence-corrected chi connectivity index (χ0v) is 34.5. The molecule has 0 spiro atoms. The average molecular weight is 783 g/mol. The van der Waals surface area contributed by atoms with Gasteiger partial charge >= 0.3 is 0 Å². The van der Waals surface area contributed by atoms with E-state index in [2.05, 4.69) is 237 Å². The number of fused-ring (bicyclic) bond motifs is 6. The van der Waals surface area contributed by atoms with Crippen LogP contribution in [0.25, 0.3) is 60.5 Å². The molecule has 11 rings (SSSR count). The highest BCUT2D eigenvalue weighted by molar-refractivity contribution is 5.99. The van der Waals surface area contributed by atoms with Crippen molar-refractivity contribution in [2.24, 2.45) is 0 Å². The van der Waals surface area contributed by atoms with E-state index in [-0.39, 0.29) is 5.41 Å². The zero-order chi connectivity index (χ0) is 41.3. The van der Waals surface area contributed by atoms with Crippen molar-refractivity contribution >= 4 is 49.9 Å². The fraction of sp³-hybridized carbons (Fsp3) is 0.0508. The first-order valence-electron chi connectivity index (χ1n) is 21.0. The minimum atomic E-state index is 0.0198. The normalized spacial score (nSPS) is 14.5. The number of allylic oxidation sites excluding steroid dienone is 4. The molecule has 0 atom stereocenters. The van der Waals surface area contributed by atoms with Gasteiger partial charge < -0.3 is 10.2 Å². The van der Waals surface area contributed by atoms with E-state index in [1.807, 2.05) is 18.2 Å². The number of hydrogen-bond acceptors (Lipinski definition) is 2. The number of benzene rings is 9. The van der Waals surface area contributed by atoms with E-state index in [9.17, 15) is 0 Å². The molecule has 1 heterocycles. The van der Waals surface area contributed by atoms with Crippen LogP contribution in [0.1, 0.15) is 30.5 Å². The fourth-order valence-electron chi connectivity index (χ4n) is 8.93. The summed E-state index contributed by atoms with van der Waals surface area (Å²) in [5.74, 6) is 0. The summed E-state index contributed by atoms with van der Waals surface area (Å²) >= 11 is 0. The Morgan fingerprint density at radius 2 is 0.984 bits per heavy atom. The number of anilines is 4.